The fraction of sp³-hybridized carbons (Fsp3) is 0.417. The van der Waals surface area contributed by atoms with Crippen molar-refractivity contribution in [2.24, 2.45) is 10.9 Å². The van der Waals surface area contributed by atoms with Gasteiger partial charge in [0.05, 0.1) is 0 Å². The molecule has 0 bridgehead atoms. The molecule has 2 unspecified atom stereocenters. The van der Waals surface area contributed by atoms with E-state index in [9.17, 15) is 0 Å². The molecule has 0 aliphatic rings. The number of benzene rings is 1. The maximum absolute atomic E-state index is 8.50. The SMILES string of the molecule is CC(CC(N)=NO)NC(C)c1ccc(Br)cc1. The molecule has 0 saturated heterocycles. The summed E-state index contributed by atoms with van der Waals surface area (Å²) in [4.78, 5) is 0. The van der Waals surface area contributed by atoms with Gasteiger partial charge in [-0.15, -0.1) is 0 Å². The smallest absolute Gasteiger partial charge is 0.140 e. The lowest BCUT2D eigenvalue weighted by molar-refractivity contribution is 0.315. The summed E-state index contributed by atoms with van der Waals surface area (Å²) < 4.78 is 1.07. The van der Waals surface area contributed by atoms with Crippen LogP contribution in [0.25, 0.3) is 0 Å². The van der Waals surface area contributed by atoms with Crippen LogP contribution in [0.15, 0.2) is 33.9 Å². The number of nitrogens with zero attached hydrogens (tertiary/aromatic N) is 1. The second-order valence-corrected chi connectivity index (χ2v) is 5.05. The summed E-state index contributed by atoms with van der Waals surface area (Å²) in [5.74, 6) is 0.244. The van der Waals surface area contributed by atoms with Crippen LogP contribution in [0.2, 0.25) is 0 Å². The lowest BCUT2D eigenvalue weighted by atomic mass is 10.1. The molecule has 0 radical (unpaired) electrons. The maximum atomic E-state index is 8.50. The largest absolute Gasteiger partial charge is 0.409 e. The number of hydrogen-bond donors (Lipinski definition) is 3. The van der Waals surface area contributed by atoms with E-state index in [0.717, 1.165) is 4.47 Å². The van der Waals surface area contributed by atoms with Crippen molar-refractivity contribution in [1.29, 1.82) is 0 Å². The molecule has 0 aromatic heterocycles. The summed E-state index contributed by atoms with van der Waals surface area (Å²) in [5.41, 5.74) is 6.67. The van der Waals surface area contributed by atoms with Crippen LogP contribution in [-0.2, 0) is 0 Å². The minimum Gasteiger partial charge on any atom is -0.409 e. The number of hydrogen-bond acceptors (Lipinski definition) is 3. The van der Waals surface area contributed by atoms with Gasteiger partial charge in [0, 0.05) is 23.0 Å². The Morgan fingerprint density at radius 3 is 2.53 bits per heavy atom. The molecule has 4 nitrogen and oxygen atoms in total. The Balaban J connectivity index is 2.54. The van der Waals surface area contributed by atoms with Crippen molar-refractivity contribution in [2.45, 2.75) is 32.4 Å². The van der Waals surface area contributed by atoms with Crippen molar-refractivity contribution in [3.63, 3.8) is 0 Å². The Bertz CT molecular complexity index is 378. The zero-order valence-electron chi connectivity index (χ0n) is 10.0. The molecule has 0 saturated carbocycles. The first-order chi connectivity index (χ1) is 8.02. The highest BCUT2D eigenvalue weighted by Crippen LogP contribution is 2.17. The van der Waals surface area contributed by atoms with Crippen LogP contribution in [0.1, 0.15) is 31.9 Å². The van der Waals surface area contributed by atoms with Crippen molar-refractivity contribution in [2.75, 3.05) is 0 Å². The monoisotopic (exact) mass is 299 g/mol. The lowest BCUT2D eigenvalue weighted by Crippen LogP contribution is -2.33. The Kier molecular flexibility index (Phi) is 5.44. The number of oxime groups is 1. The van der Waals surface area contributed by atoms with Gasteiger partial charge in [0.15, 0.2) is 0 Å². The average molecular weight is 300 g/mol. The van der Waals surface area contributed by atoms with Gasteiger partial charge in [-0.05, 0) is 31.5 Å². The summed E-state index contributed by atoms with van der Waals surface area (Å²) in [6.07, 6.45) is 0.525. The van der Waals surface area contributed by atoms with E-state index in [0.29, 0.717) is 6.42 Å². The molecule has 4 N–H and O–H groups in total. The second-order valence-electron chi connectivity index (χ2n) is 4.14. The summed E-state index contributed by atoms with van der Waals surface area (Å²) in [6.45, 7) is 4.10. The minimum atomic E-state index is 0.157. The van der Waals surface area contributed by atoms with E-state index in [-0.39, 0.29) is 17.9 Å². The molecule has 0 amide bonds. The number of halogens is 1. The Hall–Kier alpha value is -1.07. The highest BCUT2D eigenvalue weighted by molar-refractivity contribution is 9.10. The van der Waals surface area contributed by atoms with E-state index in [1.54, 1.807) is 0 Å². The number of nitrogens with two attached hydrogens (primary N) is 1. The molecule has 0 aliphatic carbocycles. The molecular weight excluding hydrogens is 282 g/mol. The average Bonchev–Trinajstić information content (AvgIpc) is 2.29. The number of amidine groups is 1. The predicted molar refractivity (Wildman–Crippen MR) is 73.2 cm³/mol. The normalized spacial score (nSPS) is 15.6. The number of nitrogens with one attached hydrogen (secondary N) is 1. The van der Waals surface area contributed by atoms with Crippen molar-refractivity contribution >= 4 is 21.8 Å². The fourth-order valence-electron chi connectivity index (χ4n) is 1.69. The second kappa shape index (κ2) is 6.61. The van der Waals surface area contributed by atoms with E-state index in [2.05, 4.69) is 45.5 Å². The van der Waals surface area contributed by atoms with E-state index in [1.165, 1.54) is 5.56 Å². The van der Waals surface area contributed by atoms with Gasteiger partial charge in [0.2, 0.25) is 0 Å². The summed E-state index contributed by atoms with van der Waals surface area (Å²) in [6, 6.07) is 8.55. The van der Waals surface area contributed by atoms with Gasteiger partial charge in [0.25, 0.3) is 0 Å². The Morgan fingerprint density at radius 1 is 1.41 bits per heavy atom. The van der Waals surface area contributed by atoms with E-state index < -0.39 is 0 Å². The molecular formula is C12H18BrN3O. The highest BCUT2D eigenvalue weighted by atomic mass is 79.9. The first-order valence-electron chi connectivity index (χ1n) is 5.51. The third kappa shape index (κ3) is 4.75. The standard InChI is InChI=1S/C12H18BrN3O/c1-8(7-12(14)16-17)15-9(2)10-3-5-11(13)6-4-10/h3-6,8-9,15,17H,7H2,1-2H3,(H2,14,16). The Labute approximate surface area is 110 Å². The summed E-state index contributed by atoms with van der Waals surface area (Å²) in [7, 11) is 0. The Morgan fingerprint density at radius 2 is 2.00 bits per heavy atom. The van der Waals surface area contributed by atoms with E-state index in [4.69, 9.17) is 10.9 Å². The van der Waals surface area contributed by atoms with Gasteiger partial charge >= 0.3 is 0 Å². The highest BCUT2D eigenvalue weighted by Gasteiger charge is 2.10. The van der Waals surface area contributed by atoms with Gasteiger partial charge in [-0.1, -0.05) is 33.2 Å². The van der Waals surface area contributed by atoms with E-state index in [1.807, 2.05) is 19.1 Å². The molecule has 0 heterocycles. The van der Waals surface area contributed by atoms with Gasteiger partial charge < -0.3 is 16.3 Å². The quantitative estimate of drug-likeness (QED) is 0.339. The van der Waals surface area contributed by atoms with Crippen molar-refractivity contribution in [1.82, 2.24) is 5.32 Å². The zero-order chi connectivity index (χ0) is 12.8. The van der Waals surface area contributed by atoms with Crippen LogP contribution < -0.4 is 11.1 Å². The van der Waals surface area contributed by atoms with Gasteiger partial charge in [-0.3, -0.25) is 0 Å². The van der Waals surface area contributed by atoms with Gasteiger partial charge in [0.1, 0.15) is 5.84 Å². The molecule has 1 aromatic rings. The molecule has 1 rings (SSSR count). The van der Waals surface area contributed by atoms with Crippen LogP contribution in [-0.4, -0.2) is 17.1 Å². The predicted octanol–water partition coefficient (Wildman–Crippen LogP) is 2.62. The molecule has 0 spiro atoms. The van der Waals surface area contributed by atoms with Crippen LogP contribution >= 0.6 is 15.9 Å². The van der Waals surface area contributed by atoms with Crippen LogP contribution in [0.5, 0.6) is 0 Å². The van der Waals surface area contributed by atoms with E-state index >= 15 is 0 Å². The first-order valence-corrected chi connectivity index (χ1v) is 6.30. The third-order valence-electron chi connectivity index (χ3n) is 2.55. The topological polar surface area (TPSA) is 70.6 Å². The third-order valence-corrected chi connectivity index (χ3v) is 3.08. The molecule has 5 heteroatoms. The maximum Gasteiger partial charge on any atom is 0.140 e. The van der Waals surface area contributed by atoms with Crippen molar-refractivity contribution in [3.05, 3.63) is 34.3 Å². The zero-order valence-corrected chi connectivity index (χ0v) is 11.6. The van der Waals surface area contributed by atoms with Gasteiger partial charge in [-0.25, -0.2) is 0 Å². The van der Waals surface area contributed by atoms with Crippen molar-refractivity contribution < 1.29 is 5.21 Å². The molecule has 1 aromatic carbocycles. The fourth-order valence-corrected chi connectivity index (χ4v) is 1.95. The van der Waals surface area contributed by atoms with Crippen LogP contribution in [0.4, 0.5) is 0 Å². The minimum absolute atomic E-state index is 0.157. The lowest BCUT2D eigenvalue weighted by Gasteiger charge is -2.20. The summed E-state index contributed by atoms with van der Waals surface area (Å²) >= 11 is 3.41. The first kappa shape index (κ1) is 14.0. The van der Waals surface area contributed by atoms with Crippen LogP contribution in [0.3, 0.4) is 0 Å². The summed E-state index contributed by atoms with van der Waals surface area (Å²) in [5, 5.41) is 14.9. The molecule has 0 aliphatic heterocycles. The van der Waals surface area contributed by atoms with Crippen molar-refractivity contribution in [3.8, 4) is 0 Å². The molecule has 17 heavy (non-hydrogen) atoms. The molecule has 0 fully saturated rings. The molecule has 94 valence electrons. The van der Waals surface area contributed by atoms with Gasteiger partial charge in [-0.2, -0.15) is 0 Å². The molecule has 2 atom stereocenters. The number of rotatable bonds is 5. The van der Waals surface area contributed by atoms with Crippen LogP contribution in [0, 0.1) is 0 Å².